The number of amides is 2. The van der Waals surface area contributed by atoms with Gasteiger partial charge >= 0.3 is 12.2 Å². The van der Waals surface area contributed by atoms with Crippen LogP contribution in [0.25, 0.3) is 0 Å². The lowest BCUT2D eigenvalue weighted by Crippen LogP contribution is -2.32. The summed E-state index contributed by atoms with van der Waals surface area (Å²) in [5, 5.41) is 4.62. The molecule has 0 saturated heterocycles. The van der Waals surface area contributed by atoms with Crippen molar-refractivity contribution in [3.63, 3.8) is 0 Å². The Bertz CT molecular complexity index is 570. The molecule has 1 fully saturated rings. The number of nitrogens with one attached hydrogen (secondary N) is 2. The van der Waals surface area contributed by atoms with Crippen molar-refractivity contribution in [2.45, 2.75) is 12.6 Å². The molecule has 0 radical (unpaired) electrons. The average molecular weight is 290 g/mol. The molecule has 0 spiro atoms. The van der Waals surface area contributed by atoms with Gasteiger partial charge in [-0.25, -0.2) is 9.78 Å². The van der Waals surface area contributed by atoms with Crippen molar-refractivity contribution < 1.29 is 18.0 Å². The minimum Gasteiger partial charge on any atom is -0.338 e. The van der Waals surface area contributed by atoms with Gasteiger partial charge in [0.15, 0.2) is 0 Å². The number of carbonyl (C=O) groups is 1. The van der Waals surface area contributed by atoms with Crippen LogP contribution >= 0.6 is 0 Å². The van der Waals surface area contributed by atoms with Gasteiger partial charge in [0.1, 0.15) is 5.82 Å². The zero-order valence-electron chi connectivity index (χ0n) is 10.6. The fourth-order valence-corrected chi connectivity index (χ4v) is 1.79. The molecule has 2 atom stereocenters. The van der Waals surface area contributed by atoms with Gasteiger partial charge < -0.3 is 9.88 Å². The minimum absolute atomic E-state index is 0.0356. The number of rotatable bonds is 3. The van der Waals surface area contributed by atoms with Gasteiger partial charge in [0.25, 0.3) is 5.56 Å². The van der Waals surface area contributed by atoms with Crippen molar-refractivity contribution in [1.29, 1.82) is 0 Å². The van der Waals surface area contributed by atoms with Crippen LogP contribution in [0.1, 0.15) is 6.42 Å². The SMILES string of the molecule is Cn1cnc(NC(=O)NC[C@@H]2C[C@H]2C(F)(F)F)cc1=O. The fourth-order valence-electron chi connectivity index (χ4n) is 1.79. The van der Waals surface area contributed by atoms with E-state index < -0.39 is 24.0 Å². The molecule has 110 valence electrons. The first kappa shape index (κ1) is 14.4. The largest absolute Gasteiger partial charge is 0.392 e. The molecular weight excluding hydrogens is 277 g/mol. The number of aromatic nitrogens is 2. The summed E-state index contributed by atoms with van der Waals surface area (Å²) in [7, 11) is 1.50. The number of hydrogen-bond donors (Lipinski definition) is 2. The second-order valence-electron chi connectivity index (χ2n) is 4.70. The molecule has 20 heavy (non-hydrogen) atoms. The molecule has 0 aromatic carbocycles. The zero-order chi connectivity index (χ0) is 14.9. The van der Waals surface area contributed by atoms with Gasteiger partial charge in [-0.3, -0.25) is 10.1 Å². The van der Waals surface area contributed by atoms with E-state index in [9.17, 15) is 22.8 Å². The van der Waals surface area contributed by atoms with Gasteiger partial charge in [-0.1, -0.05) is 0 Å². The van der Waals surface area contributed by atoms with Crippen molar-refractivity contribution >= 4 is 11.8 Å². The summed E-state index contributed by atoms with van der Waals surface area (Å²) in [6.07, 6.45) is -2.93. The Kier molecular flexibility index (Phi) is 3.69. The average Bonchev–Trinajstić information content (AvgIpc) is 3.11. The summed E-state index contributed by atoms with van der Waals surface area (Å²) in [5.41, 5.74) is -0.352. The number of halogens is 3. The molecule has 0 aliphatic heterocycles. The van der Waals surface area contributed by atoms with Gasteiger partial charge in [-0.2, -0.15) is 13.2 Å². The summed E-state index contributed by atoms with van der Waals surface area (Å²) in [4.78, 5) is 26.5. The normalized spacial score (nSPS) is 21.4. The Balaban J connectivity index is 1.79. The van der Waals surface area contributed by atoms with Crippen LogP contribution in [0.5, 0.6) is 0 Å². The Morgan fingerprint density at radius 1 is 1.55 bits per heavy atom. The lowest BCUT2D eigenvalue weighted by Gasteiger charge is -2.08. The van der Waals surface area contributed by atoms with E-state index in [1.54, 1.807) is 0 Å². The van der Waals surface area contributed by atoms with E-state index in [0.717, 1.165) is 6.07 Å². The van der Waals surface area contributed by atoms with Crippen LogP contribution in [0.2, 0.25) is 0 Å². The summed E-state index contributed by atoms with van der Waals surface area (Å²) in [5.74, 6) is -1.85. The molecule has 1 saturated carbocycles. The summed E-state index contributed by atoms with van der Waals surface area (Å²) >= 11 is 0. The topological polar surface area (TPSA) is 76.0 Å². The molecular formula is C11H13F3N4O2. The van der Waals surface area contributed by atoms with Gasteiger partial charge in [0.2, 0.25) is 0 Å². The van der Waals surface area contributed by atoms with Crippen LogP contribution in [0, 0.1) is 11.8 Å². The van der Waals surface area contributed by atoms with Crippen molar-refractivity contribution in [3.05, 3.63) is 22.7 Å². The third-order valence-corrected chi connectivity index (χ3v) is 3.09. The number of hydrogen-bond acceptors (Lipinski definition) is 3. The predicted molar refractivity (Wildman–Crippen MR) is 64.2 cm³/mol. The summed E-state index contributed by atoms with van der Waals surface area (Å²) in [6.45, 7) is -0.0547. The molecule has 0 unspecified atom stereocenters. The molecule has 2 rings (SSSR count). The van der Waals surface area contributed by atoms with Crippen LogP contribution < -0.4 is 16.2 Å². The third kappa shape index (κ3) is 3.49. The Morgan fingerprint density at radius 2 is 2.25 bits per heavy atom. The molecule has 1 heterocycles. The second-order valence-corrected chi connectivity index (χ2v) is 4.70. The van der Waals surface area contributed by atoms with Gasteiger partial charge in [0, 0.05) is 19.7 Å². The zero-order valence-corrected chi connectivity index (χ0v) is 10.6. The van der Waals surface area contributed by atoms with Crippen LogP contribution in [-0.4, -0.2) is 28.3 Å². The molecule has 6 nitrogen and oxygen atoms in total. The first-order valence-electron chi connectivity index (χ1n) is 5.91. The molecule has 1 aliphatic rings. The molecule has 1 aromatic rings. The van der Waals surface area contributed by atoms with Gasteiger partial charge in [-0.15, -0.1) is 0 Å². The molecule has 0 bridgehead atoms. The van der Waals surface area contributed by atoms with E-state index in [1.165, 1.54) is 17.9 Å². The van der Waals surface area contributed by atoms with E-state index in [-0.39, 0.29) is 24.3 Å². The Morgan fingerprint density at radius 3 is 2.80 bits per heavy atom. The number of anilines is 1. The summed E-state index contributed by atoms with van der Waals surface area (Å²) in [6, 6.07) is 0.438. The highest BCUT2D eigenvalue weighted by molar-refractivity contribution is 5.88. The maximum atomic E-state index is 12.3. The number of alkyl halides is 3. The van der Waals surface area contributed by atoms with E-state index in [4.69, 9.17) is 0 Å². The highest BCUT2D eigenvalue weighted by Gasteiger charge is 2.55. The molecule has 1 aliphatic carbocycles. The standard InChI is InChI=1S/C11H13F3N4O2/c1-18-5-16-8(3-9(18)19)17-10(20)15-4-6-2-7(6)11(12,13)14/h3,5-7H,2,4H2,1H3,(H2,15,17,20)/t6-,7+/m0/s1. The van der Waals surface area contributed by atoms with E-state index >= 15 is 0 Å². The Labute approximate surface area is 112 Å². The molecule has 1 aromatic heterocycles. The van der Waals surface area contributed by atoms with Crippen LogP contribution in [0.15, 0.2) is 17.2 Å². The monoisotopic (exact) mass is 290 g/mol. The summed E-state index contributed by atoms with van der Waals surface area (Å²) < 4.78 is 38.0. The molecule has 2 amide bonds. The van der Waals surface area contributed by atoms with Gasteiger partial charge in [-0.05, 0) is 12.3 Å². The predicted octanol–water partition coefficient (Wildman–Crippen LogP) is 1.10. The third-order valence-electron chi connectivity index (χ3n) is 3.09. The smallest absolute Gasteiger partial charge is 0.338 e. The van der Waals surface area contributed by atoms with Crippen molar-refractivity contribution in [2.75, 3.05) is 11.9 Å². The Hall–Kier alpha value is -2.06. The molecule has 9 heteroatoms. The quantitative estimate of drug-likeness (QED) is 0.875. The number of aryl methyl sites for hydroxylation is 1. The maximum Gasteiger partial charge on any atom is 0.392 e. The first-order chi connectivity index (χ1) is 9.27. The number of carbonyl (C=O) groups excluding carboxylic acids is 1. The van der Waals surface area contributed by atoms with E-state index in [1.807, 2.05) is 0 Å². The fraction of sp³-hybridized carbons (Fsp3) is 0.545. The van der Waals surface area contributed by atoms with Crippen LogP contribution in [0.3, 0.4) is 0 Å². The number of urea groups is 1. The van der Waals surface area contributed by atoms with Crippen molar-refractivity contribution in [1.82, 2.24) is 14.9 Å². The first-order valence-corrected chi connectivity index (χ1v) is 5.91. The molecule has 2 N–H and O–H groups in total. The second kappa shape index (κ2) is 5.14. The van der Waals surface area contributed by atoms with E-state index in [2.05, 4.69) is 15.6 Å². The highest BCUT2D eigenvalue weighted by atomic mass is 19.4. The van der Waals surface area contributed by atoms with E-state index in [0.29, 0.717) is 0 Å². The highest BCUT2D eigenvalue weighted by Crippen LogP contribution is 2.49. The maximum absolute atomic E-state index is 12.3. The van der Waals surface area contributed by atoms with Crippen molar-refractivity contribution in [2.24, 2.45) is 18.9 Å². The van der Waals surface area contributed by atoms with Gasteiger partial charge in [0.05, 0.1) is 12.2 Å². The van der Waals surface area contributed by atoms with Crippen LogP contribution in [-0.2, 0) is 7.05 Å². The minimum atomic E-state index is -4.20. The number of nitrogens with zero attached hydrogens (tertiary/aromatic N) is 2. The van der Waals surface area contributed by atoms with Crippen LogP contribution in [0.4, 0.5) is 23.8 Å². The van der Waals surface area contributed by atoms with Crippen molar-refractivity contribution in [3.8, 4) is 0 Å². The lowest BCUT2D eigenvalue weighted by atomic mass is 10.3. The lowest BCUT2D eigenvalue weighted by molar-refractivity contribution is -0.150.